The molecule has 1 aromatic rings. The van der Waals surface area contributed by atoms with E-state index < -0.39 is 6.10 Å². The zero-order valence-corrected chi connectivity index (χ0v) is 14.2. The van der Waals surface area contributed by atoms with Crippen molar-refractivity contribution in [1.29, 1.82) is 0 Å². The summed E-state index contributed by atoms with van der Waals surface area (Å²) in [7, 11) is 3.14. The highest BCUT2D eigenvalue weighted by Gasteiger charge is 2.21. The van der Waals surface area contributed by atoms with Crippen molar-refractivity contribution in [2.24, 2.45) is 5.92 Å². The largest absolute Gasteiger partial charge is 0.493 e. The Morgan fingerprint density at radius 1 is 1.25 bits per heavy atom. The summed E-state index contributed by atoms with van der Waals surface area (Å²) in [6.07, 6.45) is 1.73. The van der Waals surface area contributed by atoms with E-state index in [2.05, 4.69) is 10.6 Å². The van der Waals surface area contributed by atoms with Crippen LogP contribution in [0.4, 0.5) is 4.79 Å². The van der Waals surface area contributed by atoms with Gasteiger partial charge in [-0.25, -0.2) is 4.79 Å². The first kappa shape index (κ1) is 18.4. The number of benzene rings is 1. The lowest BCUT2D eigenvalue weighted by Gasteiger charge is -2.13. The van der Waals surface area contributed by atoms with E-state index in [0.29, 0.717) is 30.6 Å². The maximum Gasteiger partial charge on any atom is 0.315 e. The van der Waals surface area contributed by atoms with Crippen molar-refractivity contribution < 1.29 is 24.1 Å². The number of amides is 2. The molecule has 24 heavy (non-hydrogen) atoms. The number of aliphatic hydroxyl groups is 1. The van der Waals surface area contributed by atoms with Crippen molar-refractivity contribution in [2.45, 2.75) is 25.5 Å². The van der Waals surface area contributed by atoms with Gasteiger partial charge >= 0.3 is 6.03 Å². The smallest absolute Gasteiger partial charge is 0.315 e. The molecular weight excluding hydrogens is 312 g/mol. The van der Waals surface area contributed by atoms with E-state index in [1.54, 1.807) is 26.4 Å². The van der Waals surface area contributed by atoms with Gasteiger partial charge in [-0.15, -0.1) is 0 Å². The van der Waals surface area contributed by atoms with Crippen LogP contribution in [-0.2, 0) is 11.3 Å². The molecule has 1 aliphatic carbocycles. The average Bonchev–Trinajstić information content (AvgIpc) is 3.42. The Kier molecular flexibility index (Phi) is 7.14. The van der Waals surface area contributed by atoms with Crippen LogP contribution < -0.4 is 20.1 Å². The van der Waals surface area contributed by atoms with Crippen LogP contribution >= 0.6 is 0 Å². The summed E-state index contributed by atoms with van der Waals surface area (Å²) in [5.41, 5.74) is 0.885. The van der Waals surface area contributed by atoms with Gasteiger partial charge in [0.15, 0.2) is 11.5 Å². The zero-order valence-electron chi connectivity index (χ0n) is 14.2. The zero-order chi connectivity index (χ0) is 17.4. The molecule has 7 heteroatoms. The normalized spacial score (nSPS) is 14.8. The highest BCUT2D eigenvalue weighted by molar-refractivity contribution is 5.73. The van der Waals surface area contributed by atoms with Crippen LogP contribution in [0, 0.1) is 5.92 Å². The minimum absolute atomic E-state index is 0.155. The van der Waals surface area contributed by atoms with E-state index >= 15 is 0 Å². The number of rotatable bonds is 10. The van der Waals surface area contributed by atoms with E-state index in [1.165, 1.54) is 12.8 Å². The van der Waals surface area contributed by atoms with Crippen molar-refractivity contribution in [2.75, 3.05) is 34.0 Å². The van der Waals surface area contributed by atoms with Gasteiger partial charge in [0.25, 0.3) is 0 Å². The fourth-order valence-electron chi connectivity index (χ4n) is 2.16. The number of aliphatic hydroxyl groups excluding tert-OH is 1. The first-order chi connectivity index (χ1) is 11.6. The third kappa shape index (κ3) is 6.25. The van der Waals surface area contributed by atoms with Gasteiger partial charge in [-0.3, -0.25) is 0 Å². The van der Waals surface area contributed by atoms with Crippen LogP contribution in [0.5, 0.6) is 11.5 Å². The minimum atomic E-state index is -0.699. The molecule has 134 valence electrons. The molecular formula is C17H26N2O5. The molecule has 0 bridgehead atoms. The Labute approximate surface area is 142 Å². The van der Waals surface area contributed by atoms with E-state index in [9.17, 15) is 9.90 Å². The maximum absolute atomic E-state index is 11.8. The van der Waals surface area contributed by atoms with Gasteiger partial charge in [0.2, 0.25) is 0 Å². The molecule has 0 spiro atoms. The number of hydrogen-bond donors (Lipinski definition) is 3. The van der Waals surface area contributed by atoms with Crippen LogP contribution in [0.25, 0.3) is 0 Å². The molecule has 1 atom stereocenters. The monoisotopic (exact) mass is 338 g/mol. The van der Waals surface area contributed by atoms with Gasteiger partial charge < -0.3 is 30.0 Å². The third-order valence-electron chi connectivity index (χ3n) is 3.76. The fourth-order valence-corrected chi connectivity index (χ4v) is 2.16. The summed E-state index contributed by atoms with van der Waals surface area (Å²) in [5.74, 6) is 1.91. The molecule has 1 fully saturated rings. The molecule has 0 unspecified atom stereocenters. The summed E-state index contributed by atoms with van der Waals surface area (Å²) >= 11 is 0. The fraction of sp³-hybridized carbons (Fsp3) is 0.588. The molecule has 2 amide bonds. The van der Waals surface area contributed by atoms with Crippen LogP contribution in [-0.4, -0.2) is 51.2 Å². The van der Waals surface area contributed by atoms with Crippen LogP contribution in [0.2, 0.25) is 0 Å². The Morgan fingerprint density at radius 3 is 2.67 bits per heavy atom. The molecule has 7 nitrogen and oxygen atoms in total. The van der Waals surface area contributed by atoms with Crippen molar-refractivity contribution in [3.63, 3.8) is 0 Å². The molecule has 2 rings (SSSR count). The molecule has 0 aliphatic heterocycles. The summed E-state index contributed by atoms with van der Waals surface area (Å²) in [5, 5.41) is 15.1. The van der Waals surface area contributed by atoms with Gasteiger partial charge in [0.1, 0.15) is 0 Å². The Balaban J connectivity index is 1.64. The molecule has 3 N–H and O–H groups in total. The number of carbonyl (C=O) groups excluding carboxylic acids is 1. The highest BCUT2D eigenvalue weighted by atomic mass is 16.5. The SMILES string of the molecule is COc1ccc(CNC(=O)NC[C@H](O)COCC2CC2)cc1OC. The van der Waals surface area contributed by atoms with Crippen molar-refractivity contribution in [3.8, 4) is 11.5 Å². The van der Waals surface area contributed by atoms with Gasteiger partial charge in [-0.2, -0.15) is 0 Å². The van der Waals surface area contributed by atoms with Crippen molar-refractivity contribution in [3.05, 3.63) is 23.8 Å². The topological polar surface area (TPSA) is 89.1 Å². The van der Waals surface area contributed by atoms with Gasteiger partial charge in [-0.1, -0.05) is 6.07 Å². The number of ether oxygens (including phenoxy) is 3. The van der Waals surface area contributed by atoms with Crippen LogP contribution in [0.15, 0.2) is 18.2 Å². The highest BCUT2D eigenvalue weighted by Crippen LogP contribution is 2.28. The second kappa shape index (κ2) is 9.34. The number of nitrogens with one attached hydrogen (secondary N) is 2. The molecule has 1 aromatic carbocycles. The average molecular weight is 338 g/mol. The van der Waals surface area contributed by atoms with Crippen LogP contribution in [0.3, 0.4) is 0 Å². The molecule has 0 heterocycles. The molecule has 1 saturated carbocycles. The van der Waals surface area contributed by atoms with E-state index in [0.717, 1.165) is 5.56 Å². The molecule has 0 saturated heterocycles. The van der Waals surface area contributed by atoms with Crippen LogP contribution in [0.1, 0.15) is 18.4 Å². The second-order valence-electron chi connectivity index (χ2n) is 5.89. The molecule has 0 aromatic heterocycles. The van der Waals surface area contributed by atoms with E-state index in [1.807, 2.05) is 6.07 Å². The van der Waals surface area contributed by atoms with Gasteiger partial charge in [-0.05, 0) is 36.5 Å². The summed E-state index contributed by atoms with van der Waals surface area (Å²) in [6.45, 7) is 1.44. The molecule has 1 aliphatic rings. The van der Waals surface area contributed by atoms with Crippen molar-refractivity contribution >= 4 is 6.03 Å². The second-order valence-corrected chi connectivity index (χ2v) is 5.89. The summed E-state index contributed by atoms with van der Waals surface area (Å²) in [4.78, 5) is 11.8. The molecule has 0 radical (unpaired) electrons. The first-order valence-corrected chi connectivity index (χ1v) is 8.10. The van der Waals surface area contributed by atoms with Gasteiger partial charge in [0, 0.05) is 19.7 Å². The van der Waals surface area contributed by atoms with E-state index in [-0.39, 0.29) is 19.2 Å². The van der Waals surface area contributed by atoms with Crippen molar-refractivity contribution in [1.82, 2.24) is 10.6 Å². The first-order valence-electron chi connectivity index (χ1n) is 8.10. The predicted octanol–water partition coefficient (Wildman–Crippen LogP) is 1.29. The number of urea groups is 1. The Morgan fingerprint density at radius 2 is 2.00 bits per heavy atom. The Hall–Kier alpha value is -1.99. The van der Waals surface area contributed by atoms with Gasteiger partial charge in [0.05, 0.1) is 26.9 Å². The standard InChI is InChI=1S/C17H26N2O5/c1-22-15-6-5-13(7-16(15)23-2)8-18-17(21)19-9-14(20)11-24-10-12-3-4-12/h5-7,12,14,20H,3-4,8-11H2,1-2H3,(H2,18,19,21)/t14-/m0/s1. The number of methoxy groups -OCH3 is 2. The Bertz CT molecular complexity index is 534. The minimum Gasteiger partial charge on any atom is -0.493 e. The predicted molar refractivity (Wildman–Crippen MR) is 89.3 cm³/mol. The lowest BCUT2D eigenvalue weighted by atomic mass is 10.2. The maximum atomic E-state index is 11.8. The van der Waals surface area contributed by atoms with E-state index in [4.69, 9.17) is 14.2 Å². The third-order valence-corrected chi connectivity index (χ3v) is 3.76. The lowest BCUT2D eigenvalue weighted by Crippen LogP contribution is -2.40. The summed E-state index contributed by atoms with van der Waals surface area (Å²) < 4.78 is 15.8. The number of carbonyl (C=O) groups is 1. The summed E-state index contributed by atoms with van der Waals surface area (Å²) in [6, 6.07) is 5.10. The number of hydrogen-bond acceptors (Lipinski definition) is 5. The lowest BCUT2D eigenvalue weighted by molar-refractivity contribution is 0.0337. The quantitative estimate of drug-likeness (QED) is 0.598.